The van der Waals surface area contributed by atoms with Crippen LogP contribution in [0, 0.1) is 0 Å². The van der Waals surface area contributed by atoms with Crippen molar-refractivity contribution in [3.8, 4) is 11.5 Å². The number of aromatic nitrogens is 2. The number of anilines is 2. The van der Waals surface area contributed by atoms with Crippen LogP contribution in [-0.4, -0.2) is 56.6 Å². The number of amides is 1. The number of benzene rings is 1. The van der Waals surface area contributed by atoms with Crippen molar-refractivity contribution in [1.82, 2.24) is 10.2 Å². The summed E-state index contributed by atoms with van der Waals surface area (Å²) in [6.07, 6.45) is 0.924. The van der Waals surface area contributed by atoms with Crippen molar-refractivity contribution in [3.05, 3.63) is 35.9 Å². The number of rotatable bonds is 7. The van der Waals surface area contributed by atoms with Gasteiger partial charge >= 0.3 is 0 Å². The molecular weight excluding hydrogens is 348 g/mol. The van der Waals surface area contributed by atoms with Gasteiger partial charge in [-0.1, -0.05) is 6.07 Å². The predicted molar refractivity (Wildman–Crippen MR) is 102 cm³/mol. The number of ether oxygens (including phenoxy) is 3. The van der Waals surface area contributed by atoms with Crippen LogP contribution in [0.4, 0.5) is 11.6 Å². The van der Waals surface area contributed by atoms with Crippen LogP contribution < -0.4 is 19.7 Å². The predicted octanol–water partition coefficient (Wildman–Crippen LogP) is 1.90. The van der Waals surface area contributed by atoms with Crippen LogP contribution in [0.1, 0.15) is 12.0 Å². The fourth-order valence-electron chi connectivity index (χ4n) is 2.85. The number of hydrogen-bond acceptors (Lipinski definition) is 7. The van der Waals surface area contributed by atoms with Crippen molar-refractivity contribution < 1.29 is 19.0 Å². The van der Waals surface area contributed by atoms with E-state index in [0.717, 1.165) is 24.5 Å². The summed E-state index contributed by atoms with van der Waals surface area (Å²) in [7, 11) is 3.18. The third kappa shape index (κ3) is 5.07. The second-order valence-electron chi connectivity index (χ2n) is 6.11. The summed E-state index contributed by atoms with van der Waals surface area (Å²) in [6, 6.07) is 9.27. The van der Waals surface area contributed by atoms with Gasteiger partial charge in [0.1, 0.15) is 0 Å². The Labute approximate surface area is 158 Å². The molecule has 8 heteroatoms. The average molecular weight is 372 g/mol. The molecule has 1 amide bonds. The first-order chi connectivity index (χ1) is 13.2. The van der Waals surface area contributed by atoms with Gasteiger partial charge in [0, 0.05) is 19.5 Å². The van der Waals surface area contributed by atoms with Crippen LogP contribution in [0.15, 0.2) is 30.3 Å². The van der Waals surface area contributed by atoms with E-state index in [4.69, 9.17) is 14.2 Å². The zero-order chi connectivity index (χ0) is 19.1. The van der Waals surface area contributed by atoms with Crippen molar-refractivity contribution in [1.29, 1.82) is 0 Å². The van der Waals surface area contributed by atoms with Gasteiger partial charge in [-0.25, -0.2) is 0 Å². The Hall–Kier alpha value is -2.87. The van der Waals surface area contributed by atoms with Gasteiger partial charge < -0.3 is 24.4 Å². The van der Waals surface area contributed by atoms with E-state index in [1.54, 1.807) is 20.3 Å². The Morgan fingerprint density at radius 2 is 1.89 bits per heavy atom. The highest BCUT2D eigenvalue weighted by molar-refractivity contribution is 5.89. The molecule has 2 aromatic rings. The lowest BCUT2D eigenvalue weighted by molar-refractivity contribution is -0.116. The highest BCUT2D eigenvalue weighted by Crippen LogP contribution is 2.28. The first kappa shape index (κ1) is 18.9. The quantitative estimate of drug-likeness (QED) is 0.794. The second-order valence-corrected chi connectivity index (χ2v) is 6.11. The van der Waals surface area contributed by atoms with Crippen molar-refractivity contribution in [2.24, 2.45) is 0 Å². The molecule has 0 atom stereocenters. The molecule has 1 aromatic heterocycles. The number of morpholine rings is 1. The number of carbonyl (C=O) groups excluding carboxylic acids is 1. The molecule has 8 nitrogen and oxygen atoms in total. The monoisotopic (exact) mass is 372 g/mol. The number of methoxy groups -OCH3 is 2. The van der Waals surface area contributed by atoms with E-state index >= 15 is 0 Å². The van der Waals surface area contributed by atoms with Gasteiger partial charge in [-0.3, -0.25) is 4.79 Å². The Bertz CT molecular complexity index is 761. The summed E-state index contributed by atoms with van der Waals surface area (Å²) >= 11 is 0. The molecule has 0 saturated carbocycles. The highest BCUT2D eigenvalue weighted by Gasteiger charge is 2.13. The van der Waals surface area contributed by atoms with Crippen LogP contribution in [-0.2, 0) is 16.0 Å². The summed E-state index contributed by atoms with van der Waals surface area (Å²) in [4.78, 5) is 14.3. The molecule has 0 aliphatic carbocycles. The van der Waals surface area contributed by atoms with E-state index in [9.17, 15) is 4.79 Å². The minimum absolute atomic E-state index is 0.113. The minimum atomic E-state index is -0.113. The molecule has 1 fully saturated rings. The molecule has 1 aliphatic heterocycles. The van der Waals surface area contributed by atoms with Crippen molar-refractivity contribution in [3.63, 3.8) is 0 Å². The zero-order valence-electron chi connectivity index (χ0n) is 15.6. The van der Waals surface area contributed by atoms with Crippen molar-refractivity contribution >= 4 is 17.5 Å². The van der Waals surface area contributed by atoms with E-state index in [2.05, 4.69) is 20.4 Å². The Morgan fingerprint density at radius 1 is 1.11 bits per heavy atom. The third-order valence-electron chi connectivity index (χ3n) is 4.34. The van der Waals surface area contributed by atoms with E-state index in [0.29, 0.717) is 43.4 Å². The minimum Gasteiger partial charge on any atom is -0.493 e. The number of carbonyl (C=O) groups is 1. The average Bonchev–Trinajstić information content (AvgIpc) is 2.73. The van der Waals surface area contributed by atoms with Gasteiger partial charge in [-0.15, -0.1) is 10.2 Å². The van der Waals surface area contributed by atoms with Crippen LogP contribution in [0.25, 0.3) is 0 Å². The molecule has 3 rings (SSSR count). The summed E-state index contributed by atoms with van der Waals surface area (Å²) in [5.41, 5.74) is 0.997. The van der Waals surface area contributed by atoms with Crippen molar-refractivity contribution in [2.45, 2.75) is 12.8 Å². The first-order valence-electron chi connectivity index (χ1n) is 8.87. The summed E-state index contributed by atoms with van der Waals surface area (Å²) in [5, 5.41) is 11.1. The molecule has 2 heterocycles. The molecular formula is C19H24N4O4. The van der Waals surface area contributed by atoms with Gasteiger partial charge in [-0.2, -0.15) is 0 Å². The molecule has 27 heavy (non-hydrogen) atoms. The molecule has 0 spiro atoms. The highest BCUT2D eigenvalue weighted by atomic mass is 16.5. The molecule has 0 bridgehead atoms. The second kappa shape index (κ2) is 9.18. The lowest BCUT2D eigenvalue weighted by atomic mass is 10.1. The van der Waals surface area contributed by atoms with E-state index in [1.165, 1.54) is 0 Å². The lowest BCUT2D eigenvalue weighted by Gasteiger charge is -2.27. The van der Waals surface area contributed by atoms with Crippen LogP contribution in [0.5, 0.6) is 11.5 Å². The maximum Gasteiger partial charge on any atom is 0.225 e. The van der Waals surface area contributed by atoms with E-state index < -0.39 is 0 Å². The Morgan fingerprint density at radius 3 is 2.56 bits per heavy atom. The van der Waals surface area contributed by atoms with Gasteiger partial charge in [-0.05, 0) is 36.2 Å². The van der Waals surface area contributed by atoms with Gasteiger partial charge in [0.2, 0.25) is 5.91 Å². The number of hydrogen-bond donors (Lipinski definition) is 1. The van der Waals surface area contributed by atoms with Gasteiger partial charge in [0.15, 0.2) is 23.1 Å². The van der Waals surface area contributed by atoms with Crippen LogP contribution >= 0.6 is 0 Å². The third-order valence-corrected chi connectivity index (χ3v) is 4.34. The topological polar surface area (TPSA) is 85.8 Å². The summed E-state index contributed by atoms with van der Waals surface area (Å²) < 4.78 is 15.8. The lowest BCUT2D eigenvalue weighted by Crippen LogP contribution is -2.36. The molecule has 1 N–H and O–H groups in total. The van der Waals surface area contributed by atoms with E-state index in [-0.39, 0.29) is 5.91 Å². The summed E-state index contributed by atoms with van der Waals surface area (Å²) in [5.74, 6) is 2.45. The van der Waals surface area contributed by atoms with Gasteiger partial charge in [0.25, 0.3) is 0 Å². The van der Waals surface area contributed by atoms with Gasteiger partial charge in [0.05, 0.1) is 27.4 Å². The van der Waals surface area contributed by atoms with E-state index in [1.807, 2.05) is 24.3 Å². The Balaban J connectivity index is 1.51. The molecule has 144 valence electrons. The molecule has 1 saturated heterocycles. The normalized spacial score (nSPS) is 13.9. The number of nitrogens with one attached hydrogen (secondary N) is 1. The largest absolute Gasteiger partial charge is 0.493 e. The van der Waals surface area contributed by atoms with Crippen LogP contribution in [0.2, 0.25) is 0 Å². The zero-order valence-corrected chi connectivity index (χ0v) is 15.6. The first-order valence-corrected chi connectivity index (χ1v) is 8.87. The smallest absolute Gasteiger partial charge is 0.225 e. The standard InChI is InChI=1S/C19H24N4O4/c1-25-15-5-3-14(13-16(15)26-2)4-8-19(24)20-17-6-7-18(22-21-17)23-9-11-27-12-10-23/h3,5-7,13H,4,8-12H2,1-2H3,(H,20,21,24). The Kier molecular flexibility index (Phi) is 6.43. The maximum atomic E-state index is 12.2. The molecule has 1 aliphatic rings. The van der Waals surface area contributed by atoms with Crippen LogP contribution in [0.3, 0.4) is 0 Å². The maximum absolute atomic E-state index is 12.2. The summed E-state index contributed by atoms with van der Waals surface area (Å²) in [6.45, 7) is 2.98. The molecule has 0 unspecified atom stereocenters. The molecule has 1 aromatic carbocycles. The molecule has 0 radical (unpaired) electrons. The van der Waals surface area contributed by atoms with Crippen molar-refractivity contribution in [2.75, 3.05) is 50.7 Å². The number of aryl methyl sites for hydroxylation is 1. The number of nitrogens with zero attached hydrogens (tertiary/aromatic N) is 3. The fourth-order valence-corrected chi connectivity index (χ4v) is 2.85. The fraction of sp³-hybridized carbons (Fsp3) is 0.421. The SMILES string of the molecule is COc1ccc(CCC(=O)Nc2ccc(N3CCOCC3)nn2)cc1OC.